The molecule has 2 heteroatoms. The molecule has 72 valence electrons. The Morgan fingerprint density at radius 2 is 2.00 bits per heavy atom. The van der Waals surface area contributed by atoms with E-state index in [9.17, 15) is 4.79 Å². The lowest BCUT2D eigenvalue weighted by Gasteiger charge is -1.97. The molecule has 1 aromatic rings. The maximum Gasteiger partial charge on any atom is 0.163 e. The Balaban J connectivity index is 2.59. The van der Waals surface area contributed by atoms with Gasteiger partial charge in [0.1, 0.15) is 0 Å². The third-order valence-electron chi connectivity index (χ3n) is 1.82. The standard InChI is InChI=1S/C12H11IO/c1-2-3-4-5-12(14)10-6-8-11(13)9-7-10/h6-9H,4-5H2,1H3. The maximum absolute atomic E-state index is 11.6. The lowest BCUT2D eigenvalue weighted by atomic mass is 10.1. The molecule has 0 amide bonds. The molecule has 1 nitrogen and oxygen atoms in total. The van der Waals surface area contributed by atoms with Crippen LogP contribution in [0.5, 0.6) is 0 Å². The molecule has 14 heavy (non-hydrogen) atoms. The highest BCUT2D eigenvalue weighted by molar-refractivity contribution is 14.1. The zero-order valence-electron chi connectivity index (χ0n) is 8.01. The van der Waals surface area contributed by atoms with Crippen LogP contribution in [0.2, 0.25) is 0 Å². The number of rotatable bonds is 3. The van der Waals surface area contributed by atoms with Crippen molar-refractivity contribution in [2.75, 3.05) is 0 Å². The molecule has 0 aliphatic rings. The molecule has 0 radical (unpaired) electrons. The average molecular weight is 298 g/mol. The molecular weight excluding hydrogens is 287 g/mol. The lowest BCUT2D eigenvalue weighted by Crippen LogP contribution is -1.97. The first-order valence-electron chi connectivity index (χ1n) is 4.42. The van der Waals surface area contributed by atoms with Gasteiger partial charge in [-0.1, -0.05) is 12.1 Å². The molecule has 0 atom stereocenters. The van der Waals surface area contributed by atoms with E-state index in [1.807, 2.05) is 24.3 Å². The zero-order chi connectivity index (χ0) is 10.4. The van der Waals surface area contributed by atoms with E-state index in [2.05, 4.69) is 34.4 Å². The van der Waals surface area contributed by atoms with Crippen molar-refractivity contribution < 1.29 is 4.79 Å². The van der Waals surface area contributed by atoms with E-state index in [0.29, 0.717) is 12.8 Å². The van der Waals surface area contributed by atoms with Gasteiger partial charge in [-0.25, -0.2) is 0 Å². The third-order valence-corrected chi connectivity index (χ3v) is 2.54. The van der Waals surface area contributed by atoms with Gasteiger partial charge in [0.05, 0.1) is 0 Å². The molecule has 0 aromatic heterocycles. The molecule has 1 aromatic carbocycles. The number of ketones is 1. The molecule has 0 unspecified atom stereocenters. The van der Waals surface area contributed by atoms with Crippen molar-refractivity contribution in [3.63, 3.8) is 0 Å². The molecule has 0 saturated heterocycles. The average Bonchev–Trinajstić information content (AvgIpc) is 2.19. The minimum absolute atomic E-state index is 0.171. The van der Waals surface area contributed by atoms with Crippen molar-refractivity contribution in [2.24, 2.45) is 0 Å². The first kappa shape index (κ1) is 11.3. The van der Waals surface area contributed by atoms with Gasteiger partial charge in [0, 0.05) is 22.0 Å². The number of benzene rings is 1. The summed E-state index contributed by atoms with van der Waals surface area (Å²) in [6, 6.07) is 7.62. The van der Waals surface area contributed by atoms with Gasteiger partial charge in [0.25, 0.3) is 0 Å². The van der Waals surface area contributed by atoms with Gasteiger partial charge in [-0.2, -0.15) is 0 Å². The largest absolute Gasteiger partial charge is 0.294 e. The van der Waals surface area contributed by atoms with Crippen LogP contribution in [0.25, 0.3) is 0 Å². The zero-order valence-corrected chi connectivity index (χ0v) is 10.2. The SMILES string of the molecule is CC#CCCC(=O)c1ccc(I)cc1. The molecule has 0 aliphatic carbocycles. The first-order valence-corrected chi connectivity index (χ1v) is 5.50. The topological polar surface area (TPSA) is 17.1 Å². The van der Waals surface area contributed by atoms with E-state index >= 15 is 0 Å². The number of Topliss-reactive ketones (excluding diaryl/α,β-unsaturated/α-hetero) is 1. The summed E-state index contributed by atoms with van der Waals surface area (Å²) >= 11 is 2.22. The number of halogens is 1. The highest BCUT2D eigenvalue weighted by atomic mass is 127. The van der Waals surface area contributed by atoms with Crippen LogP contribution in [0.15, 0.2) is 24.3 Å². The van der Waals surface area contributed by atoms with Crippen molar-refractivity contribution in [1.29, 1.82) is 0 Å². The predicted octanol–water partition coefficient (Wildman–Crippen LogP) is 3.28. The minimum Gasteiger partial charge on any atom is -0.294 e. The number of carbonyl (C=O) groups is 1. The maximum atomic E-state index is 11.6. The molecular formula is C12H11IO. The van der Waals surface area contributed by atoms with Gasteiger partial charge in [-0.15, -0.1) is 11.8 Å². The molecule has 0 aliphatic heterocycles. The smallest absolute Gasteiger partial charge is 0.163 e. The van der Waals surface area contributed by atoms with E-state index in [-0.39, 0.29) is 5.78 Å². The summed E-state index contributed by atoms with van der Waals surface area (Å²) in [5.41, 5.74) is 0.781. The Hall–Kier alpha value is -0.820. The van der Waals surface area contributed by atoms with Crippen LogP contribution in [-0.2, 0) is 0 Å². The molecule has 0 bridgehead atoms. The van der Waals surface area contributed by atoms with Gasteiger partial charge in [0.2, 0.25) is 0 Å². The van der Waals surface area contributed by atoms with Crippen LogP contribution < -0.4 is 0 Å². The Bertz CT molecular complexity index is 368. The monoisotopic (exact) mass is 298 g/mol. The molecule has 0 saturated carbocycles. The van der Waals surface area contributed by atoms with Crippen molar-refractivity contribution >= 4 is 28.4 Å². The van der Waals surface area contributed by atoms with Crippen LogP contribution in [0.3, 0.4) is 0 Å². The molecule has 0 heterocycles. The normalized spacial score (nSPS) is 9.00. The van der Waals surface area contributed by atoms with Crippen LogP contribution >= 0.6 is 22.6 Å². The van der Waals surface area contributed by atoms with E-state index in [0.717, 1.165) is 9.13 Å². The Labute approximate surface area is 98.0 Å². The number of carbonyl (C=O) groups excluding carboxylic acids is 1. The number of hydrogen-bond donors (Lipinski definition) is 0. The molecule has 0 spiro atoms. The highest BCUT2D eigenvalue weighted by Gasteiger charge is 2.03. The van der Waals surface area contributed by atoms with Gasteiger partial charge in [-0.05, 0) is 41.6 Å². The van der Waals surface area contributed by atoms with Crippen LogP contribution in [0.1, 0.15) is 30.1 Å². The Kier molecular flexibility index (Phi) is 4.68. The summed E-state index contributed by atoms with van der Waals surface area (Å²) in [5, 5.41) is 0. The van der Waals surface area contributed by atoms with E-state index in [1.165, 1.54) is 0 Å². The van der Waals surface area contributed by atoms with Gasteiger partial charge >= 0.3 is 0 Å². The summed E-state index contributed by atoms with van der Waals surface area (Å²) < 4.78 is 1.15. The second-order valence-corrected chi connectivity index (χ2v) is 4.10. The number of hydrogen-bond acceptors (Lipinski definition) is 1. The fraction of sp³-hybridized carbons (Fsp3) is 0.250. The highest BCUT2D eigenvalue weighted by Crippen LogP contribution is 2.09. The second kappa shape index (κ2) is 5.82. The minimum atomic E-state index is 0.171. The first-order chi connectivity index (χ1) is 6.74. The van der Waals surface area contributed by atoms with Crippen LogP contribution in [0.4, 0.5) is 0 Å². The summed E-state index contributed by atoms with van der Waals surface area (Å²) in [5.74, 6) is 5.84. The van der Waals surface area contributed by atoms with Crippen molar-refractivity contribution in [2.45, 2.75) is 19.8 Å². The lowest BCUT2D eigenvalue weighted by molar-refractivity contribution is 0.0984. The van der Waals surface area contributed by atoms with Crippen LogP contribution in [-0.4, -0.2) is 5.78 Å². The van der Waals surface area contributed by atoms with E-state index in [4.69, 9.17) is 0 Å². The van der Waals surface area contributed by atoms with E-state index < -0.39 is 0 Å². The molecule has 1 rings (SSSR count). The van der Waals surface area contributed by atoms with Crippen molar-refractivity contribution in [3.05, 3.63) is 33.4 Å². The third kappa shape index (κ3) is 3.51. The summed E-state index contributed by atoms with van der Waals surface area (Å²) in [7, 11) is 0. The van der Waals surface area contributed by atoms with E-state index in [1.54, 1.807) is 6.92 Å². The fourth-order valence-electron chi connectivity index (χ4n) is 1.08. The van der Waals surface area contributed by atoms with Gasteiger partial charge < -0.3 is 0 Å². The summed E-state index contributed by atoms with van der Waals surface area (Å²) in [6.45, 7) is 1.79. The quantitative estimate of drug-likeness (QED) is 0.475. The molecule has 0 fully saturated rings. The Morgan fingerprint density at radius 3 is 2.57 bits per heavy atom. The Morgan fingerprint density at radius 1 is 1.36 bits per heavy atom. The molecule has 0 N–H and O–H groups in total. The van der Waals surface area contributed by atoms with Gasteiger partial charge in [-0.3, -0.25) is 4.79 Å². The summed E-state index contributed by atoms with van der Waals surface area (Å²) in [6.07, 6.45) is 1.17. The van der Waals surface area contributed by atoms with Crippen LogP contribution in [0, 0.1) is 15.4 Å². The predicted molar refractivity (Wildman–Crippen MR) is 66.2 cm³/mol. The van der Waals surface area contributed by atoms with Crippen molar-refractivity contribution in [1.82, 2.24) is 0 Å². The second-order valence-electron chi connectivity index (χ2n) is 2.86. The van der Waals surface area contributed by atoms with Gasteiger partial charge in [0.15, 0.2) is 5.78 Å². The summed E-state index contributed by atoms with van der Waals surface area (Å²) in [4.78, 5) is 11.6. The fourth-order valence-corrected chi connectivity index (χ4v) is 1.44. The van der Waals surface area contributed by atoms with Crippen molar-refractivity contribution in [3.8, 4) is 11.8 Å².